The second-order valence-electron chi connectivity index (χ2n) is 3.00. The average Bonchev–Trinajstić information content (AvgIpc) is 2.15. The Bertz CT molecular complexity index is 310. The lowest BCUT2D eigenvalue weighted by Crippen LogP contribution is -2.32. The van der Waals surface area contributed by atoms with Crippen molar-refractivity contribution in [2.45, 2.75) is 6.92 Å². The Kier molecular flexibility index (Phi) is 3.03. The fraction of sp³-hybridized carbons (Fsp3) is 0.300. The third-order valence-corrected chi connectivity index (χ3v) is 1.94. The van der Waals surface area contributed by atoms with Gasteiger partial charge >= 0.3 is 0 Å². The number of carbonyl (C=O) groups is 1. The molecule has 0 aliphatic heterocycles. The number of benzene rings is 1. The van der Waals surface area contributed by atoms with E-state index in [4.69, 9.17) is 5.73 Å². The summed E-state index contributed by atoms with van der Waals surface area (Å²) in [5.74, 6) is -0.0781. The summed E-state index contributed by atoms with van der Waals surface area (Å²) >= 11 is 0. The van der Waals surface area contributed by atoms with Crippen molar-refractivity contribution in [3.63, 3.8) is 0 Å². The van der Waals surface area contributed by atoms with Crippen LogP contribution in [0.25, 0.3) is 0 Å². The van der Waals surface area contributed by atoms with Gasteiger partial charge in [-0.25, -0.2) is 0 Å². The van der Waals surface area contributed by atoms with Crippen molar-refractivity contribution in [2.75, 3.05) is 18.5 Å². The fourth-order valence-corrected chi connectivity index (χ4v) is 1.12. The van der Waals surface area contributed by atoms with Crippen LogP contribution in [0.15, 0.2) is 24.3 Å². The number of hydrogen-bond donors (Lipinski definition) is 1. The first kappa shape index (κ1) is 9.74. The van der Waals surface area contributed by atoms with Gasteiger partial charge in [-0.3, -0.25) is 4.79 Å². The molecule has 0 atom stereocenters. The monoisotopic (exact) mass is 178 g/mol. The predicted octanol–water partition coefficient (Wildman–Crippen LogP) is 0.917. The number of likely N-dealkylation sites (N-methyl/N-ethyl adjacent to an activating group) is 1. The summed E-state index contributed by atoms with van der Waals surface area (Å²) in [6.07, 6.45) is 0. The van der Waals surface area contributed by atoms with Gasteiger partial charge in [0.25, 0.3) is 0 Å². The summed E-state index contributed by atoms with van der Waals surface area (Å²) in [5, 5.41) is 0. The zero-order chi connectivity index (χ0) is 9.84. The molecule has 1 amide bonds. The van der Waals surface area contributed by atoms with Crippen LogP contribution in [-0.4, -0.2) is 19.5 Å². The Balaban J connectivity index is 2.88. The van der Waals surface area contributed by atoms with E-state index in [0.29, 0.717) is 0 Å². The maximum absolute atomic E-state index is 11.2. The SMILES string of the molecule is Cc1cccc(N(C)C(=O)CN)c1. The average molecular weight is 178 g/mol. The van der Waals surface area contributed by atoms with Crippen LogP contribution < -0.4 is 10.6 Å². The largest absolute Gasteiger partial charge is 0.322 e. The van der Waals surface area contributed by atoms with Crippen molar-refractivity contribution >= 4 is 11.6 Å². The number of hydrogen-bond acceptors (Lipinski definition) is 2. The molecular weight excluding hydrogens is 164 g/mol. The molecule has 0 aromatic heterocycles. The van der Waals surface area contributed by atoms with Crippen molar-refractivity contribution in [3.05, 3.63) is 29.8 Å². The topological polar surface area (TPSA) is 46.3 Å². The maximum Gasteiger partial charge on any atom is 0.240 e. The lowest BCUT2D eigenvalue weighted by atomic mass is 10.2. The molecule has 1 aromatic rings. The molecule has 1 aromatic carbocycles. The Labute approximate surface area is 78.2 Å². The summed E-state index contributed by atoms with van der Waals surface area (Å²) in [6, 6.07) is 7.75. The first-order valence-electron chi connectivity index (χ1n) is 4.18. The zero-order valence-corrected chi connectivity index (χ0v) is 7.95. The van der Waals surface area contributed by atoms with Crippen molar-refractivity contribution in [2.24, 2.45) is 5.73 Å². The van der Waals surface area contributed by atoms with Crippen molar-refractivity contribution < 1.29 is 4.79 Å². The molecule has 0 spiro atoms. The molecule has 0 unspecified atom stereocenters. The highest BCUT2D eigenvalue weighted by molar-refractivity contribution is 5.94. The van der Waals surface area contributed by atoms with E-state index in [0.717, 1.165) is 11.3 Å². The first-order valence-corrected chi connectivity index (χ1v) is 4.18. The smallest absolute Gasteiger partial charge is 0.240 e. The molecule has 0 aliphatic carbocycles. The second kappa shape index (κ2) is 4.05. The molecule has 0 radical (unpaired) electrons. The lowest BCUT2D eigenvalue weighted by Gasteiger charge is -2.16. The van der Waals surface area contributed by atoms with E-state index in [9.17, 15) is 4.79 Å². The van der Waals surface area contributed by atoms with Gasteiger partial charge < -0.3 is 10.6 Å². The van der Waals surface area contributed by atoms with Gasteiger partial charge in [0.05, 0.1) is 6.54 Å². The van der Waals surface area contributed by atoms with Gasteiger partial charge in [-0.15, -0.1) is 0 Å². The van der Waals surface area contributed by atoms with Crippen LogP contribution >= 0.6 is 0 Å². The van der Waals surface area contributed by atoms with Crippen LogP contribution in [-0.2, 0) is 4.79 Å². The number of aryl methyl sites for hydroxylation is 1. The first-order chi connectivity index (χ1) is 6.15. The number of nitrogens with zero attached hydrogens (tertiary/aromatic N) is 1. The van der Waals surface area contributed by atoms with E-state index in [-0.39, 0.29) is 12.5 Å². The van der Waals surface area contributed by atoms with Crippen LogP contribution in [0.2, 0.25) is 0 Å². The fourth-order valence-electron chi connectivity index (χ4n) is 1.12. The van der Waals surface area contributed by atoms with Crippen LogP contribution in [0.5, 0.6) is 0 Å². The van der Waals surface area contributed by atoms with E-state index < -0.39 is 0 Å². The minimum Gasteiger partial charge on any atom is -0.322 e. The van der Waals surface area contributed by atoms with Crippen LogP contribution in [0.4, 0.5) is 5.69 Å². The summed E-state index contributed by atoms with van der Waals surface area (Å²) < 4.78 is 0. The predicted molar refractivity (Wildman–Crippen MR) is 53.6 cm³/mol. The Morgan fingerprint density at radius 1 is 1.54 bits per heavy atom. The molecule has 3 heteroatoms. The molecule has 0 bridgehead atoms. The summed E-state index contributed by atoms with van der Waals surface area (Å²) in [6.45, 7) is 2.04. The minimum atomic E-state index is -0.0781. The van der Waals surface area contributed by atoms with Gasteiger partial charge in [-0.2, -0.15) is 0 Å². The molecule has 70 valence electrons. The number of rotatable bonds is 2. The number of carbonyl (C=O) groups excluding carboxylic acids is 1. The molecule has 0 aliphatic rings. The summed E-state index contributed by atoms with van der Waals surface area (Å²) in [5.41, 5.74) is 7.28. The van der Waals surface area contributed by atoms with E-state index in [1.807, 2.05) is 31.2 Å². The lowest BCUT2D eigenvalue weighted by molar-refractivity contribution is -0.117. The molecule has 0 fully saturated rings. The standard InChI is InChI=1S/C10H14N2O/c1-8-4-3-5-9(6-8)12(2)10(13)7-11/h3-6H,7,11H2,1-2H3. The Hall–Kier alpha value is -1.35. The van der Waals surface area contributed by atoms with E-state index in [2.05, 4.69) is 0 Å². The van der Waals surface area contributed by atoms with E-state index in [1.165, 1.54) is 0 Å². The molecule has 0 saturated carbocycles. The van der Waals surface area contributed by atoms with Gasteiger partial charge in [0, 0.05) is 12.7 Å². The van der Waals surface area contributed by atoms with Crippen molar-refractivity contribution in [3.8, 4) is 0 Å². The highest BCUT2D eigenvalue weighted by Gasteiger charge is 2.07. The molecule has 3 nitrogen and oxygen atoms in total. The third kappa shape index (κ3) is 2.29. The molecule has 1 rings (SSSR count). The van der Waals surface area contributed by atoms with Crippen molar-refractivity contribution in [1.82, 2.24) is 0 Å². The molecule has 2 N–H and O–H groups in total. The van der Waals surface area contributed by atoms with Gasteiger partial charge in [0.1, 0.15) is 0 Å². The Morgan fingerprint density at radius 3 is 2.77 bits per heavy atom. The zero-order valence-electron chi connectivity index (χ0n) is 7.95. The van der Waals surface area contributed by atoms with Crippen LogP contribution in [0.1, 0.15) is 5.56 Å². The van der Waals surface area contributed by atoms with Gasteiger partial charge in [-0.1, -0.05) is 12.1 Å². The van der Waals surface area contributed by atoms with E-state index >= 15 is 0 Å². The number of amides is 1. The number of anilines is 1. The quantitative estimate of drug-likeness (QED) is 0.731. The number of nitrogens with two attached hydrogens (primary N) is 1. The Morgan fingerprint density at radius 2 is 2.23 bits per heavy atom. The van der Waals surface area contributed by atoms with Gasteiger partial charge in [0.2, 0.25) is 5.91 Å². The molecule has 0 saturated heterocycles. The minimum absolute atomic E-state index is 0.0461. The van der Waals surface area contributed by atoms with E-state index in [1.54, 1.807) is 11.9 Å². The highest BCUT2D eigenvalue weighted by atomic mass is 16.2. The normalized spacial score (nSPS) is 9.77. The van der Waals surface area contributed by atoms with Gasteiger partial charge in [0.15, 0.2) is 0 Å². The van der Waals surface area contributed by atoms with Crippen LogP contribution in [0.3, 0.4) is 0 Å². The molecule has 13 heavy (non-hydrogen) atoms. The highest BCUT2D eigenvalue weighted by Crippen LogP contribution is 2.13. The summed E-state index contributed by atoms with van der Waals surface area (Å²) in [4.78, 5) is 12.8. The van der Waals surface area contributed by atoms with Crippen molar-refractivity contribution in [1.29, 1.82) is 0 Å². The maximum atomic E-state index is 11.2. The molecule has 0 heterocycles. The second-order valence-corrected chi connectivity index (χ2v) is 3.00. The summed E-state index contributed by atoms with van der Waals surface area (Å²) in [7, 11) is 1.73. The molecular formula is C10H14N2O. The van der Waals surface area contributed by atoms with Gasteiger partial charge in [-0.05, 0) is 24.6 Å². The third-order valence-electron chi connectivity index (χ3n) is 1.94. The van der Waals surface area contributed by atoms with Crippen LogP contribution in [0, 0.1) is 6.92 Å².